The molecule has 7 heteroatoms. The van der Waals surface area contributed by atoms with Crippen molar-refractivity contribution in [2.75, 3.05) is 13.1 Å². The molecule has 3 rings (SSSR count). The zero-order valence-electron chi connectivity index (χ0n) is 14.9. The Morgan fingerprint density at radius 1 is 1.36 bits per heavy atom. The lowest BCUT2D eigenvalue weighted by Gasteiger charge is -2.24. The quantitative estimate of drug-likeness (QED) is 0.861. The van der Waals surface area contributed by atoms with Gasteiger partial charge in [-0.25, -0.2) is 0 Å². The zero-order valence-corrected chi connectivity index (χ0v) is 14.9. The van der Waals surface area contributed by atoms with E-state index >= 15 is 0 Å². The summed E-state index contributed by atoms with van der Waals surface area (Å²) in [7, 11) is 0. The molecule has 0 aromatic carbocycles. The molecule has 0 spiro atoms. The Labute approximate surface area is 147 Å². The van der Waals surface area contributed by atoms with Gasteiger partial charge in [-0.05, 0) is 39.5 Å². The van der Waals surface area contributed by atoms with Crippen molar-refractivity contribution >= 4 is 5.91 Å². The Bertz CT molecular complexity index is 706. The van der Waals surface area contributed by atoms with Gasteiger partial charge < -0.3 is 15.2 Å². The first-order chi connectivity index (χ1) is 12.1. The molecule has 0 saturated carbocycles. The molecule has 2 aromatic rings. The monoisotopic (exact) mass is 343 g/mol. The minimum absolute atomic E-state index is 0.171. The molecule has 0 unspecified atom stereocenters. The van der Waals surface area contributed by atoms with Gasteiger partial charge in [0.2, 0.25) is 5.91 Å². The van der Waals surface area contributed by atoms with Crippen LogP contribution in [0.15, 0.2) is 16.9 Å². The second-order valence-electron chi connectivity index (χ2n) is 6.55. The number of carbonyl (C=O) groups excluding carboxylic acids is 1. The Balaban J connectivity index is 1.61. The lowest BCUT2D eigenvalue weighted by molar-refractivity contribution is -0.131. The minimum Gasteiger partial charge on any atom is -0.361 e. The Hall–Kier alpha value is -2.28. The van der Waals surface area contributed by atoms with E-state index in [0.29, 0.717) is 19.0 Å². The van der Waals surface area contributed by atoms with Crippen LogP contribution in [0.1, 0.15) is 42.8 Å². The van der Waals surface area contributed by atoms with E-state index in [1.54, 1.807) is 6.20 Å². The van der Waals surface area contributed by atoms with Gasteiger partial charge in [-0.15, -0.1) is 0 Å². The fourth-order valence-electron chi connectivity index (χ4n) is 3.51. The number of amides is 1. The van der Waals surface area contributed by atoms with Crippen molar-refractivity contribution < 1.29 is 9.32 Å². The zero-order chi connectivity index (χ0) is 17.8. The minimum atomic E-state index is 0.171. The number of aromatic nitrogens is 3. The molecular weight excluding hydrogens is 318 g/mol. The highest BCUT2D eigenvalue weighted by molar-refractivity contribution is 5.77. The summed E-state index contributed by atoms with van der Waals surface area (Å²) in [4.78, 5) is 23.1. The smallest absolute Gasteiger partial charge is 0.224 e. The van der Waals surface area contributed by atoms with Crippen molar-refractivity contribution in [3.63, 3.8) is 0 Å². The summed E-state index contributed by atoms with van der Waals surface area (Å²) in [6.45, 7) is 5.03. The van der Waals surface area contributed by atoms with E-state index < -0.39 is 0 Å². The van der Waals surface area contributed by atoms with Crippen LogP contribution in [-0.4, -0.2) is 45.1 Å². The van der Waals surface area contributed by atoms with Gasteiger partial charge in [-0.3, -0.25) is 14.8 Å². The molecule has 1 amide bonds. The number of hydrogen-bond donors (Lipinski definition) is 1. The highest BCUT2D eigenvalue weighted by atomic mass is 16.5. The maximum atomic E-state index is 12.1. The van der Waals surface area contributed by atoms with Crippen LogP contribution in [0, 0.1) is 13.8 Å². The number of nitrogens with zero attached hydrogens (tertiary/aromatic N) is 4. The number of aryl methyl sites for hydroxylation is 3. The highest BCUT2D eigenvalue weighted by Crippen LogP contribution is 2.25. The first-order valence-electron chi connectivity index (χ1n) is 8.84. The van der Waals surface area contributed by atoms with Crippen molar-refractivity contribution in [1.29, 1.82) is 0 Å². The summed E-state index contributed by atoms with van der Waals surface area (Å²) >= 11 is 0. The molecule has 3 heterocycles. The standard InChI is InChI=1S/C18H25N5O2/c1-12-18(13(2)25-22-12)16-11-20-14(10-21-16)5-6-15-4-3-9-23(15)17(24)7-8-19/h10-11,15H,3-9,19H2,1-2H3/t15-/m0/s1. The molecule has 1 fully saturated rings. The fourth-order valence-corrected chi connectivity index (χ4v) is 3.51. The summed E-state index contributed by atoms with van der Waals surface area (Å²) in [5.41, 5.74) is 8.95. The Kier molecular flexibility index (Phi) is 5.43. The first-order valence-corrected chi connectivity index (χ1v) is 8.84. The third kappa shape index (κ3) is 3.87. The first kappa shape index (κ1) is 17.5. The third-order valence-corrected chi connectivity index (χ3v) is 4.78. The van der Waals surface area contributed by atoms with Gasteiger partial charge in [0, 0.05) is 31.7 Å². The van der Waals surface area contributed by atoms with Crippen LogP contribution in [0.25, 0.3) is 11.3 Å². The SMILES string of the molecule is Cc1noc(C)c1-c1cnc(CC[C@@H]2CCCN2C(=O)CCN)cn1. The predicted molar refractivity (Wildman–Crippen MR) is 93.7 cm³/mol. The van der Waals surface area contributed by atoms with Crippen molar-refractivity contribution in [2.24, 2.45) is 5.73 Å². The number of likely N-dealkylation sites (tertiary alicyclic amines) is 1. The van der Waals surface area contributed by atoms with E-state index in [2.05, 4.69) is 15.1 Å². The Morgan fingerprint density at radius 3 is 2.84 bits per heavy atom. The summed E-state index contributed by atoms with van der Waals surface area (Å²) in [6.07, 6.45) is 7.86. The second-order valence-corrected chi connectivity index (χ2v) is 6.55. The van der Waals surface area contributed by atoms with Crippen LogP contribution >= 0.6 is 0 Å². The van der Waals surface area contributed by atoms with Gasteiger partial charge in [-0.1, -0.05) is 5.16 Å². The van der Waals surface area contributed by atoms with Crippen LogP contribution in [0.2, 0.25) is 0 Å². The van der Waals surface area contributed by atoms with Gasteiger partial charge in [0.15, 0.2) is 0 Å². The highest BCUT2D eigenvalue weighted by Gasteiger charge is 2.27. The molecule has 7 nitrogen and oxygen atoms in total. The van der Waals surface area contributed by atoms with E-state index in [1.165, 1.54) is 0 Å². The van der Waals surface area contributed by atoms with Gasteiger partial charge >= 0.3 is 0 Å². The molecule has 1 aliphatic heterocycles. The van der Waals surface area contributed by atoms with Gasteiger partial charge in [0.25, 0.3) is 0 Å². The van der Waals surface area contributed by atoms with Crippen LogP contribution in [0.4, 0.5) is 0 Å². The van der Waals surface area contributed by atoms with E-state index in [-0.39, 0.29) is 5.91 Å². The summed E-state index contributed by atoms with van der Waals surface area (Å²) in [5, 5.41) is 3.95. The van der Waals surface area contributed by atoms with E-state index in [4.69, 9.17) is 10.3 Å². The van der Waals surface area contributed by atoms with Crippen molar-refractivity contribution in [3.8, 4) is 11.3 Å². The van der Waals surface area contributed by atoms with Gasteiger partial charge in [-0.2, -0.15) is 0 Å². The molecule has 2 aromatic heterocycles. The number of rotatable bonds is 6. The maximum Gasteiger partial charge on any atom is 0.224 e. The van der Waals surface area contributed by atoms with E-state index in [9.17, 15) is 4.79 Å². The summed E-state index contributed by atoms with van der Waals surface area (Å²) in [6, 6.07) is 0.295. The predicted octanol–water partition coefficient (Wildman–Crippen LogP) is 2.02. The number of carbonyl (C=O) groups is 1. The van der Waals surface area contributed by atoms with E-state index in [0.717, 1.165) is 60.6 Å². The van der Waals surface area contributed by atoms with Crippen LogP contribution in [0.5, 0.6) is 0 Å². The molecule has 0 aliphatic carbocycles. The molecule has 1 atom stereocenters. The molecular formula is C18H25N5O2. The number of nitrogens with two attached hydrogens (primary N) is 1. The normalized spacial score (nSPS) is 17.2. The van der Waals surface area contributed by atoms with Crippen molar-refractivity contribution in [2.45, 2.75) is 52.0 Å². The fraction of sp³-hybridized carbons (Fsp3) is 0.556. The second kappa shape index (κ2) is 7.74. The van der Waals surface area contributed by atoms with Crippen LogP contribution in [-0.2, 0) is 11.2 Å². The Morgan fingerprint density at radius 2 is 2.20 bits per heavy atom. The topological polar surface area (TPSA) is 98.1 Å². The van der Waals surface area contributed by atoms with Crippen LogP contribution in [0.3, 0.4) is 0 Å². The summed E-state index contributed by atoms with van der Waals surface area (Å²) < 4.78 is 5.18. The molecule has 0 bridgehead atoms. The van der Waals surface area contributed by atoms with Gasteiger partial charge in [0.1, 0.15) is 5.76 Å². The molecule has 1 saturated heterocycles. The molecule has 2 N–H and O–H groups in total. The average Bonchev–Trinajstić information content (AvgIpc) is 3.20. The van der Waals surface area contributed by atoms with Crippen molar-refractivity contribution in [1.82, 2.24) is 20.0 Å². The number of hydrogen-bond acceptors (Lipinski definition) is 6. The molecule has 134 valence electrons. The lowest BCUT2D eigenvalue weighted by atomic mass is 10.1. The van der Waals surface area contributed by atoms with Crippen LogP contribution < -0.4 is 5.73 Å². The average molecular weight is 343 g/mol. The van der Waals surface area contributed by atoms with Crippen molar-refractivity contribution in [3.05, 3.63) is 29.5 Å². The van der Waals surface area contributed by atoms with Gasteiger partial charge in [0.05, 0.1) is 28.8 Å². The maximum absolute atomic E-state index is 12.1. The molecule has 0 radical (unpaired) electrons. The third-order valence-electron chi connectivity index (χ3n) is 4.78. The lowest BCUT2D eigenvalue weighted by Crippen LogP contribution is -2.36. The molecule has 25 heavy (non-hydrogen) atoms. The summed E-state index contributed by atoms with van der Waals surface area (Å²) in [5.74, 6) is 0.921. The van der Waals surface area contributed by atoms with E-state index in [1.807, 2.05) is 24.9 Å². The largest absolute Gasteiger partial charge is 0.361 e. The molecule has 1 aliphatic rings.